The fourth-order valence-corrected chi connectivity index (χ4v) is 5.45. The first-order valence-corrected chi connectivity index (χ1v) is 11.2. The van der Waals surface area contributed by atoms with E-state index in [2.05, 4.69) is 36.4 Å². The average molecular weight is 424 g/mol. The molecule has 1 aliphatic rings. The van der Waals surface area contributed by atoms with Crippen LogP contribution >= 0.6 is 0 Å². The molecule has 0 aliphatic heterocycles. The van der Waals surface area contributed by atoms with Crippen LogP contribution in [0.3, 0.4) is 0 Å². The van der Waals surface area contributed by atoms with Crippen LogP contribution in [-0.4, -0.2) is 5.11 Å². The first kappa shape index (κ1) is 18.4. The standard InChI is InChI=1S/C31H20O2/c32-31(27-14-6-2-10-22(27)23-11-3-7-15-28(23)31)26-13-5-1-9-21(26)20-17-18-30-25(19-20)24-12-4-8-16-29(24)33-30/h1-19,32H. The highest BCUT2D eigenvalue weighted by atomic mass is 16.3. The van der Waals surface area contributed by atoms with Gasteiger partial charge in [-0.1, -0.05) is 97.1 Å². The van der Waals surface area contributed by atoms with Crippen molar-refractivity contribution in [3.63, 3.8) is 0 Å². The van der Waals surface area contributed by atoms with Crippen LogP contribution in [0.2, 0.25) is 0 Å². The molecule has 6 aromatic rings. The van der Waals surface area contributed by atoms with E-state index in [1.54, 1.807) is 0 Å². The number of furan rings is 1. The molecule has 0 fully saturated rings. The number of benzene rings is 5. The lowest BCUT2D eigenvalue weighted by Crippen LogP contribution is -2.27. The lowest BCUT2D eigenvalue weighted by Gasteiger charge is -2.29. The number of hydrogen-bond acceptors (Lipinski definition) is 2. The second-order valence-corrected chi connectivity index (χ2v) is 8.66. The van der Waals surface area contributed by atoms with Gasteiger partial charge in [-0.2, -0.15) is 0 Å². The van der Waals surface area contributed by atoms with Gasteiger partial charge < -0.3 is 9.52 Å². The van der Waals surface area contributed by atoms with Gasteiger partial charge in [0.2, 0.25) is 0 Å². The van der Waals surface area contributed by atoms with Crippen molar-refractivity contribution in [2.75, 3.05) is 0 Å². The zero-order chi connectivity index (χ0) is 22.0. The molecular formula is C31H20O2. The van der Waals surface area contributed by atoms with Crippen LogP contribution in [-0.2, 0) is 5.60 Å². The summed E-state index contributed by atoms with van der Waals surface area (Å²) in [4.78, 5) is 0. The third-order valence-electron chi connectivity index (χ3n) is 6.93. The third kappa shape index (κ3) is 2.47. The minimum absolute atomic E-state index is 0.868. The van der Waals surface area contributed by atoms with Crippen molar-refractivity contribution in [2.24, 2.45) is 0 Å². The second-order valence-electron chi connectivity index (χ2n) is 8.66. The van der Waals surface area contributed by atoms with Gasteiger partial charge in [0.05, 0.1) is 0 Å². The van der Waals surface area contributed by atoms with Gasteiger partial charge in [-0.15, -0.1) is 0 Å². The third-order valence-corrected chi connectivity index (χ3v) is 6.93. The van der Waals surface area contributed by atoms with Crippen molar-refractivity contribution >= 4 is 21.9 Å². The maximum Gasteiger partial charge on any atom is 0.142 e. The van der Waals surface area contributed by atoms with Crippen LogP contribution in [0.25, 0.3) is 44.2 Å². The monoisotopic (exact) mass is 424 g/mol. The molecule has 0 amide bonds. The Labute approximate surface area is 191 Å². The molecule has 1 N–H and O–H groups in total. The molecule has 0 spiro atoms. The topological polar surface area (TPSA) is 33.4 Å². The molecule has 0 saturated heterocycles. The average Bonchev–Trinajstić information content (AvgIpc) is 3.38. The van der Waals surface area contributed by atoms with Gasteiger partial charge >= 0.3 is 0 Å². The van der Waals surface area contributed by atoms with Crippen molar-refractivity contribution in [3.05, 3.63) is 132 Å². The Morgan fingerprint density at radius 1 is 0.485 bits per heavy atom. The van der Waals surface area contributed by atoms with Gasteiger partial charge in [0.1, 0.15) is 16.8 Å². The minimum Gasteiger partial charge on any atom is -0.456 e. The van der Waals surface area contributed by atoms with Crippen molar-refractivity contribution in [2.45, 2.75) is 5.60 Å². The van der Waals surface area contributed by atoms with Crippen LogP contribution in [0, 0.1) is 0 Å². The molecule has 0 bridgehead atoms. The van der Waals surface area contributed by atoms with Gasteiger partial charge in [0.25, 0.3) is 0 Å². The number of rotatable bonds is 2. The Hall–Kier alpha value is -4.14. The number of hydrogen-bond donors (Lipinski definition) is 1. The van der Waals surface area contributed by atoms with E-state index in [9.17, 15) is 5.11 Å². The normalized spacial score (nSPS) is 13.8. The molecule has 156 valence electrons. The van der Waals surface area contributed by atoms with E-state index in [0.29, 0.717) is 0 Å². The van der Waals surface area contributed by atoms with Crippen LogP contribution in [0.5, 0.6) is 0 Å². The number of fused-ring (bicyclic) bond motifs is 6. The highest BCUT2D eigenvalue weighted by molar-refractivity contribution is 6.06. The maximum absolute atomic E-state index is 12.4. The predicted octanol–water partition coefficient (Wildman–Crippen LogP) is 7.52. The van der Waals surface area contributed by atoms with Gasteiger partial charge in [0, 0.05) is 27.5 Å². The summed E-state index contributed by atoms with van der Waals surface area (Å²) in [6.45, 7) is 0. The first-order valence-electron chi connectivity index (χ1n) is 11.2. The molecule has 0 radical (unpaired) electrons. The zero-order valence-corrected chi connectivity index (χ0v) is 17.8. The maximum atomic E-state index is 12.4. The minimum atomic E-state index is -1.22. The molecule has 2 nitrogen and oxygen atoms in total. The van der Waals surface area contributed by atoms with E-state index in [1.807, 2.05) is 78.9 Å². The van der Waals surface area contributed by atoms with E-state index in [1.165, 1.54) is 0 Å². The fraction of sp³-hybridized carbons (Fsp3) is 0.0323. The van der Waals surface area contributed by atoms with Gasteiger partial charge in [-0.3, -0.25) is 0 Å². The number of para-hydroxylation sites is 1. The van der Waals surface area contributed by atoms with E-state index >= 15 is 0 Å². The van der Waals surface area contributed by atoms with Crippen molar-refractivity contribution in [1.29, 1.82) is 0 Å². The Balaban J connectivity index is 1.51. The van der Waals surface area contributed by atoms with Crippen LogP contribution < -0.4 is 0 Å². The van der Waals surface area contributed by atoms with Crippen LogP contribution in [0.1, 0.15) is 16.7 Å². The SMILES string of the molecule is OC1(c2ccccc2-c2ccc3oc4ccccc4c3c2)c2ccccc2-c2ccccc21. The van der Waals surface area contributed by atoms with E-state index in [0.717, 1.165) is 60.9 Å². The van der Waals surface area contributed by atoms with E-state index in [-0.39, 0.29) is 0 Å². The van der Waals surface area contributed by atoms with E-state index in [4.69, 9.17) is 4.42 Å². The molecule has 33 heavy (non-hydrogen) atoms. The largest absolute Gasteiger partial charge is 0.456 e. The first-order chi connectivity index (χ1) is 16.2. The molecule has 0 atom stereocenters. The molecule has 7 rings (SSSR count). The van der Waals surface area contributed by atoms with Crippen molar-refractivity contribution in [3.8, 4) is 22.3 Å². The van der Waals surface area contributed by atoms with Gasteiger partial charge in [-0.25, -0.2) is 0 Å². The van der Waals surface area contributed by atoms with Gasteiger partial charge in [-0.05, 0) is 40.5 Å². The molecular weight excluding hydrogens is 404 g/mol. The second kappa shape index (κ2) is 6.68. The summed E-state index contributed by atoms with van der Waals surface area (Å²) >= 11 is 0. The molecule has 0 unspecified atom stereocenters. The summed E-state index contributed by atoms with van der Waals surface area (Å²) in [5.74, 6) is 0. The summed E-state index contributed by atoms with van der Waals surface area (Å²) in [5.41, 5.74) is 7.50. The molecule has 1 aliphatic carbocycles. The molecule has 1 heterocycles. The quantitative estimate of drug-likeness (QED) is 0.312. The highest BCUT2D eigenvalue weighted by Crippen LogP contribution is 2.52. The van der Waals surface area contributed by atoms with Crippen LogP contribution in [0.15, 0.2) is 120 Å². The summed E-state index contributed by atoms with van der Waals surface area (Å²) < 4.78 is 6.04. The van der Waals surface area contributed by atoms with Crippen LogP contribution in [0.4, 0.5) is 0 Å². The lowest BCUT2D eigenvalue weighted by molar-refractivity contribution is 0.131. The summed E-state index contributed by atoms with van der Waals surface area (Å²) in [7, 11) is 0. The van der Waals surface area contributed by atoms with Crippen molar-refractivity contribution < 1.29 is 9.52 Å². The molecule has 1 aromatic heterocycles. The summed E-state index contributed by atoms with van der Waals surface area (Å²) in [5, 5.41) is 14.6. The lowest BCUT2D eigenvalue weighted by atomic mass is 9.80. The zero-order valence-electron chi connectivity index (χ0n) is 17.8. The molecule has 5 aromatic carbocycles. The highest BCUT2D eigenvalue weighted by Gasteiger charge is 2.44. The smallest absolute Gasteiger partial charge is 0.142 e. The van der Waals surface area contributed by atoms with E-state index < -0.39 is 5.60 Å². The number of aliphatic hydroxyl groups is 1. The van der Waals surface area contributed by atoms with Gasteiger partial charge in [0.15, 0.2) is 0 Å². The van der Waals surface area contributed by atoms with Crippen molar-refractivity contribution in [1.82, 2.24) is 0 Å². The summed E-state index contributed by atoms with van der Waals surface area (Å²) in [6.07, 6.45) is 0. The summed E-state index contributed by atoms with van der Waals surface area (Å²) in [6, 6.07) is 38.9. The Bertz CT molecular complexity index is 1640. The molecule has 2 heteroatoms. The Kier molecular flexibility index (Phi) is 3.73. The molecule has 0 saturated carbocycles. The Morgan fingerprint density at radius 2 is 1.00 bits per heavy atom. The fourth-order valence-electron chi connectivity index (χ4n) is 5.45. The predicted molar refractivity (Wildman–Crippen MR) is 133 cm³/mol. The Morgan fingerprint density at radius 3 is 1.70 bits per heavy atom.